The first-order valence-electron chi connectivity index (χ1n) is 5.25. The molecule has 0 aliphatic rings. The zero-order chi connectivity index (χ0) is 13.1. The van der Waals surface area contributed by atoms with Gasteiger partial charge in [0.15, 0.2) is 5.82 Å². The smallest absolute Gasteiger partial charge is 0.161 e. The molecule has 0 radical (unpaired) electrons. The van der Waals surface area contributed by atoms with Crippen molar-refractivity contribution in [2.45, 2.75) is 13.5 Å². The number of ether oxygens (including phenoxy) is 1. The number of hydrogen-bond donors (Lipinski definition) is 0. The van der Waals surface area contributed by atoms with Gasteiger partial charge in [0.05, 0.1) is 15.9 Å². The fraction of sp³-hybridized carbons (Fsp3) is 0.250. The molecule has 0 saturated heterocycles. The minimum absolute atomic E-state index is 0.414. The van der Waals surface area contributed by atoms with E-state index in [2.05, 4.69) is 37.5 Å². The molecule has 0 saturated carbocycles. The van der Waals surface area contributed by atoms with Crippen molar-refractivity contribution < 1.29 is 4.74 Å². The molecule has 4 nitrogen and oxygen atoms in total. The van der Waals surface area contributed by atoms with Crippen LogP contribution in [0.25, 0.3) is 11.4 Å². The van der Waals surface area contributed by atoms with Gasteiger partial charge in [0.2, 0.25) is 0 Å². The van der Waals surface area contributed by atoms with Crippen LogP contribution in [-0.2, 0) is 11.3 Å². The van der Waals surface area contributed by atoms with Gasteiger partial charge in [-0.1, -0.05) is 11.6 Å². The van der Waals surface area contributed by atoms with E-state index in [0.717, 1.165) is 20.4 Å². The maximum Gasteiger partial charge on any atom is 0.161 e. The van der Waals surface area contributed by atoms with Crippen molar-refractivity contribution in [1.82, 2.24) is 15.0 Å². The molecular formula is C12H11ClIN3O. The van der Waals surface area contributed by atoms with Crippen molar-refractivity contribution >= 4 is 34.2 Å². The van der Waals surface area contributed by atoms with E-state index in [1.165, 1.54) is 0 Å². The molecule has 0 aliphatic carbocycles. The monoisotopic (exact) mass is 375 g/mol. The molecule has 2 rings (SSSR count). The van der Waals surface area contributed by atoms with E-state index in [9.17, 15) is 0 Å². The largest absolute Gasteiger partial charge is 0.378 e. The summed E-state index contributed by atoms with van der Waals surface area (Å²) in [6.45, 7) is 2.38. The molecule has 2 aromatic rings. The normalized spacial score (nSPS) is 10.7. The Morgan fingerprint density at radius 1 is 1.39 bits per heavy atom. The molecule has 94 valence electrons. The Morgan fingerprint density at radius 2 is 2.17 bits per heavy atom. The topological polar surface area (TPSA) is 47.9 Å². The van der Waals surface area contributed by atoms with Crippen LogP contribution in [0.1, 0.15) is 11.3 Å². The van der Waals surface area contributed by atoms with E-state index in [0.29, 0.717) is 17.6 Å². The predicted molar refractivity (Wildman–Crippen MR) is 78.4 cm³/mol. The van der Waals surface area contributed by atoms with Crippen LogP contribution in [0, 0.1) is 10.5 Å². The lowest BCUT2D eigenvalue weighted by Crippen LogP contribution is -2.02. The summed E-state index contributed by atoms with van der Waals surface area (Å²) in [5.74, 6) is 0.604. The highest BCUT2D eigenvalue weighted by Crippen LogP contribution is 2.25. The third kappa shape index (κ3) is 2.78. The van der Waals surface area contributed by atoms with Crippen LogP contribution < -0.4 is 0 Å². The lowest BCUT2D eigenvalue weighted by molar-refractivity contribution is 0.181. The second-order valence-corrected chi connectivity index (χ2v) is 5.16. The highest BCUT2D eigenvalue weighted by molar-refractivity contribution is 14.1. The number of nitrogens with zero attached hydrogens (tertiary/aromatic N) is 3. The number of halogens is 2. The summed E-state index contributed by atoms with van der Waals surface area (Å²) in [6, 6.07) is 1.88. The highest BCUT2D eigenvalue weighted by Gasteiger charge is 2.13. The van der Waals surface area contributed by atoms with Gasteiger partial charge in [-0.15, -0.1) is 0 Å². The number of methoxy groups -OCH3 is 1. The van der Waals surface area contributed by atoms with E-state index < -0.39 is 0 Å². The molecule has 2 aromatic heterocycles. The quantitative estimate of drug-likeness (QED) is 0.610. The third-order valence-electron chi connectivity index (χ3n) is 2.42. The van der Waals surface area contributed by atoms with Crippen LogP contribution in [0.4, 0.5) is 0 Å². The molecule has 18 heavy (non-hydrogen) atoms. The van der Waals surface area contributed by atoms with Crippen molar-refractivity contribution in [1.29, 1.82) is 0 Å². The zero-order valence-corrected chi connectivity index (χ0v) is 12.9. The van der Waals surface area contributed by atoms with Gasteiger partial charge in [-0.05, 0) is 41.1 Å². The Labute approximate surface area is 124 Å². The first-order valence-corrected chi connectivity index (χ1v) is 6.71. The van der Waals surface area contributed by atoms with Gasteiger partial charge < -0.3 is 4.74 Å². The Bertz CT molecular complexity index is 577. The summed E-state index contributed by atoms with van der Waals surface area (Å²) in [6.07, 6.45) is 3.49. The molecular weight excluding hydrogens is 365 g/mol. The molecule has 0 atom stereocenters. The molecule has 2 heterocycles. The van der Waals surface area contributed by atoms with E-state index >= 15 is 0 Å². The highest BCUT2D eigenvalue weighted by atomic mass is 127. The summed E-state index contributed by atoms with van der Waals surface area (Å²) in [4.78, 5) is 12.9. The Kier molecular flexibility index (Phi) is 4.47. The predicted octanol–water partition coefficient (Wildman–Crippen LogP) is 3.25. The van der Waals surface area contributed by atoms with Crippen molar-refractivity contribution in [2.24, 2.45) is 0 Å². The Morgan fingerprint density at radius 3 is 2.83 bits per heavy atom. The number of rotatable bonds is 3. The molecule has 0 aromatic carbocycles. The first-order chi connectivity index (χ1) is 8.63. The molecule has 0 amide bonds. The molecule has 6 heteroatoms. The average molecular weight is 376 g/mol. The number of hydrogen-bond acceptors (Lipinski definition) is 4. The minimum atomic E-state index is 0.414. The van der Waals surface area contributed by atoms with Gasteiger partial charge in [-0.2, -0.15) is 0 Å². The second-order valence-electron chi connectivity index (χ2n) is 3.72. The SMILES string of the molecule is COCc1nc(-c2ccncc2C)nc(Cl)c1I. The first kappa shape index (κ1) is 13.6. The number of aryl methyl sites for hydroxylation is 1. The molecule has 0 unspecified atom stereocenters. The zero-order valence-electron chi connectivity index (χ0n) is 9.94. The molecule has 0 fully saturated rings. The lowest BCUT2D eigenvalue weighted by atomic mass is 10.1. The Hall–Kier alpha value is -0.790. The van der Waals surface area contributed by atoms with Crippen molar-refractivity contribution in [3.8, 4) is 11.4 Å². The Balaban J connectivity index is 2.56. The van der Waals surface area contributed by atoms with Crippen LogP contribution in [0.5, 0.6) is 0 Å². The van der Waals surface area contributed by atoms with Gasteiger partial charge in [-0.3, -0.25) is 4.98 Å². The van der Waals surface area contributed by atoms with Gasteiger partial charge >= 0.3 is 0 Å². The van der Waals surface area contributed by atoms with Crippen LogP contribution in [0.15, 0.2) is 18.5 Å². The number of aromatic nitrogens is 3. The van der Waals surface area contributed by atoms with Gasteiger partial charge in [-0.25, -0.2) is 9.97 Å². The van der Waals surface area contributed by atoms with E-state index in [1.807, 2.05) is 13.0 Å². The van der Waals surface area contributed by atoms with Crippen LogP contribution in [-0.4, -0.2) is 22.1 Å². The van der Waals surface area contributed by atoms with Crippen LogP contribution in [0.3, 0.4) is 0 Å². The van der Waals surface area contributed by atoms with Gasteiger partial charge in [0, 0.05) is 25.1 Å². The minimum Gasteiger partial charge on any atom is -0.378 e. The molecule has 0 N–H and O–H groups in total. The third-order valence-corrected chi connectivity index (χ3v) is 4.15. The fourth-order valence-corrected chi connectivity index (χ4v) is 2.13. The lowest BCUT2D eigenvalue weighted by Gasteiger charge is -2.09. The van der Waals surface area contributed by atoms with Gasteiger partial charge in [0.25, 0.3) is 0 Å². The van der Waals surface area contributed by atoms with E-state index in [1.54, 1.807) is 19.5 Å². The molecule has 0 spiro atoms. The summed E-state index contributed by atoms with van der Waals surface area (Å²) >= 11 is 8.25. The molecule has 0 aliphatic heterocycles. The van der Waals surface area contributed by atoms with Crippen LogP contribution >= 0.6 is 34.2 Å². The fourth-order valence-electron chi connectivity index (χ4n) is 1.54. The number of pyridine rings is 1. The van der Waals surface area contributed by atoms with E-state index in [-0.39, 0.29) is 0 Å². The summed E-state index contributed by atoms with van der Waals surface area (Å²) < 4.78 is 5.94. The standard InChI is InChI=1S/C12H11ClIN3O/c1-7-5-15-4-3-8(7)12-16-9(6-18-2)10(14)11(13)17-12/h3-5H,6H2,1-2H3. The van der Waals surface area contributed by atoms with Crippen molar-refractivity contribution in [3.05, 3.63) is 38.4 Å². The van der Waals surface area contributed by atoms with Gasteiger partial charge in [0.1, 0.15) is 5.15 Å². The summed E-state index contributed by atoms with van der Waals surface area (Å²) in [5, 5.41) is 0.448. The molecule has 0 bridgehead atoms. The van der Waals surface area contributed by atoms with Crippen LogP contribution in [0.2, 0.25) is 5.15 Å². The maximum absolute atomic E-state index is 6.13. The van der Waals surface area contributed by atoms with Crippen molar-refractivity contribution in [2.75, 3.05) is 7.11 Å². The second kappa shape index (κ2) is 5.90. The average Bonchev–Trinajstić information content (AvgIpc) is 2.35. The van der Waals surface area contributed by atoms with E-state index in [4.69, 9.17) is 16.3 Å². The maximum atomic E-state index is 6.13. The summed E-state index contributed by atoms with van der Waals surface area (Å²) in [5.41, 5.74) is 2.74. The summed E-state index contributed by atoms with van der Waals surface area (Å²) in [7, 11) is 1.63. The van der Waals surface area contributed by atoms with Crippen molar-refractivity contribution in [3.63, 3.8) is 0 Å².